The highest BCUT2D eigenvalue weighted by atomic mass is 32.2. The topological polar surface area (TPSA) is 36.1 Å². The Morgan fingerprint density at radius 1 is 1.18 bits per heavy atom. The van der Waals surface area contributed by atoms with Crippen LogP contribution in [0, 0.1) is 0 Å². The van der Waals surface area contributed by atoms with Crippen molar-refractivity contribution in [2.45, 2.75) is 17.8 Å². The van der Waals surface area contributed by atoms with Gasteiger partial charge in [-0.3, -0.25) is 5.32 Å². The molecule has 11 heavy (non-hydrogen) atoms. The van der Waals surface area contributed by atoms with E-state index in [-0.39, 0.29) is 12.1 Å². The summed E-state index contributed by atoms with van der Waals surface area (Å²) in [7, 11) is 0. The smallest absolute Gasteiger partial charge is 0.266 e. The van der Waals surface area contributed by atoms with Gasteiger partial charge in [-0.2, -0.15) is 17.1 Å². The minimum absolute atomic E-state index is 0.232. The molecule has 2 atom stereocenters. The van der Waals surface area contributed by atoms with Gasteiger partial charge in [-0.1, -0.05) is 0 Å². The van der Waals surface area contributed by atoms with E-state index in [0.29, 0.717) is 0 Å². The Morgan fingerprint density at radius 3 is 2.09 bits per heavy atom. The molecular formula is C3H5F4N3S. The number of nitrogens with one attached hydrogen (secondary N) is 3. The first kappa shape index (κ1) is 9.04. The molecule has 0 spiro atoms. The molecule has 0 amide bonds. The first-order valence-electron chi connectivity index (χ1n) is 2.65. The zero-order valence-corrected chi connectivity index (χ0v) is 5.89. The van der Waals surface area contributed by atoms with Crippen LogP contribution in [-0.2, 0) is 0 Å². The molecule has 2 unspecified atom stereocenters. The van der Waals surface area contributed by atoms with Crippen molar-refractivity contribution in [3.8, 4) is 0 Å². The molecular weight excluding hydrogens is 186 g/mol. The molecule has 0 aromatic rings. The molecule has 3 nitrogen and oxygen atoms in total. The average Bonchev–Trinajstić information content (AvgIpc) is 2.32. The van der Waals surface area contributed by atoms with Crippen LogP contribution in [0.4, 0.5) is 17.1 Å². The van der Waals surface area contributed by atoms with Crippen molar-refractivity contribution in [3.63, 3.8) is 0 Å². The molecule has 0 aromatic carbocycles. The van der Waals surface area contributed by atoms with Gasteiger partial charge in [0.05, 0.1) is 12.1 Å². The van der Waals surface area contributed by atoms with E-state index in [2.05, 4.69) is 5.43 Å². The molecule has 0 aliphatic carbocycles. The molecule has 1 rings (SSSR count). The Balaban J connectivity index is 2.42. The molecule has 0 radical (unpaired) electrons. The fourth-order valence-corrected chi connectivity index (χ4v) is 0.918. The minimum Gasteiger partial charge on any atom is -0.266 e. The highest BCUT2D eigenvalue weighted by molar-refractivity contribution is 7.94. The van der Waals surface area contributed by atoms with Gasteiger partial charge >= 0.3 is 6.18 Å². The maximum absolute atomic E-state index is 11.8. The van der Waals surface area contributed by atoms with Gasteiger partial charge in [0, 0.05) is 0 Å². The summed E-state index contributed by atoms with van der Waals surface area (Å²) in [4.78, 5) is 0. The molecule has 0 saturated carbocycles. The van der Waals surface area contributed by atoms with Crippen LogP contribution in [0.25, 0.3) is 0 Å². The Kier molecular flexibility index (Phi) is 2.58. The van der Waals surface area contributed by atoms with Gasteiger partial charge in [0.25, 0.3) is 0 Å². The molecule has 1 saturated heterocycles. The van der Waals surface area contributed by atoms with Crippen LogP contribution in [-0.4, -0.2) is 17.8 Å². The third kappa shape index (κ3) is 2.19. The highest BCUT2D eigenvalue weighted by Gasteiger charge is 2.44. The van der Waals surface area contributed by atoms with E-state index >= 15 is 0 Å². The lowest BCUT2D eigenvalue weighted by molar-refractivity contribution is -0.158. The van der Waals surface area contributed by atoms with E-state index in [1.807, 2.05) is 10.7 Å². The fourth-order valence-electron chi connectivity index (χ4n) is 0.618. The Bertz CT molecular complexity index is 139. The quantitative estimate of drug-likeness (QED) is 0.527. The number of hydrazine groups is 1. The van der Waals surface area contributed by atoms with Gasteiger partial charge in [-0.25, -0.2) is 10.9 Å². The molecule has 0 bridgehead atoms. The molecule has 66 valence electrons. The van der Waals surface area contributed by atoms with Gasteiger partial charge in [-0.05, 0) is 0 Å². The summed E-state index contributed by atoms with van der Waals surface area (Å²) in [5, 5.41) is 1.92. The standard InChI is InChI=1S/C3H5F4N3S/c4-3(5,6)1-8-2(11-7)10-9-1/h1-2,8-10H. The molecule has 1 aliphatic rings. The number of alkyl halides is 3. The summed E-state index contributed by atoms with van der Waals surface area (Å²) in [6.07, 6.45) is -6.28. The Hall–Kier alpha value is -0.0500. The lowest BCUT2D eigenvalue weighted by atomic mass is 10.5. The molecule has 0 aromatic heterocycles. The largest absolute Gasteiger partial charge is 0.418 e. The molecule has 1 fully saturated rings. The Morgan fingerprint density at radius 2 is 1.82 bits per heavy atom. The van der Waals surface area contributed by atoms with Crippen molar-refractivity contribution in [1.82, 2.24) is 16.2 Å². The van der Waals surface area contributed by atoms with Crippen LogP contribution in [0.2, 0.25) is 0 Å². The summed E-state index contributed by atoms with van der Waals surface area (Å²) < 4.78 is 47.0. The lowest BCUT2D eigenvalue weighted by Crippen LogP contribution is -2.46. The molecule has 8 heteroatoms. The maximum atomic E-state index is 11.8. The minimum atomic E-state index is -4.41. The summed E-state index contributed by atoms with van der Waals surface area (Å²) in [5.41, 5.74) is 2.88. The predicted octanol–water partition coefficient (Wildman–Crippen LogP) is 0.473. The van der Waals surface area contributed by atoms with Gasteiger partial charge < -0.3 is 0 Å². The van der Waals surface area contributed by atoms with E-state index < -0.39 is 17.8 Å². The van der Waals surface area contributed by atoms with Gasteiger partial charge in [0.1, 0.15) is 0 Å². The van der Waals surface area contributed by atoms with Gasteiger partial charge in [0.2, 0.25) is 0 Å². The number of hydrogen-bond donors (Lipinski definition) is 3. The second-order valence-electron chi connectivity index (χ2n) is 1.90. The van der Waals surface area contributed by atoms with E-state index in [9.17, 15) is 17.1 Å². The van der Waals surface area contributed by atoms with Crippen LogP contribution in [0.1, 0.15) is 0 Å². The third-order valence-electron chi connectivity index (χ3n) is 1.09. The van der Waals surface area contributed by atoms with Crippen molar-refractivity contribution in [1.29, 1.82) is 0 Å². The summed E-state index contributed by atoms with van der Waals surface area (Å²) in [6, 6.07) is 0. The number of hydrogen-bond acceptors (Lipinski definition) is 4. The number of rotatable bonds is 1. The second kappa shape index (κ2) is 3.13. The van der Waals surface area contributed by atoms with Crippen molar-refractivity contribution < 1.29 is 17.1 Å². The third-order valence-corrected chi connectivity index (χ3v) is 1.53. The van der Waals surface area contributed by atoms with E-state index in [1.165, 1.54) is 0 Å². The first-order valence-corrected chi connectivity index (χ1v) is 3.43. The SMILES string of the molecule is FSC1NNC(C(F)(F)F)N1. The highest BCUT2D eigenvalue weighted by Crippen LogP contribution is 2.22. The zero-order chi connectivity index (χ0) is 8.48. The lowest BCUT2D eigenvalue weighted by Gasteiger charge is -2.13. The molecule has 1 aliphatic heterocycles. The van der Waals surface area contributed by atoms with Crippen LogP contribution in [0.15, 0.2) is 0 Å². The van der Waals surface area contributed by atoms with E-state index in [4.69, 9.17) is 0 Å². The summed E-state index contributed by atoms with van der Waals surface area (Å²) >= 11 is -0.232. The van der Waals surface area contributed by atoms with Crippen molar-refractivity contribution in [3.05, 3.63) is 0 Å². The fraction of sp³-hybridized carbons (Fsp3) is 1.00. The van der Waals surface area contributed by atoms with Crippen LogP contribution in [0.3, 0.4) is 0 Å². The molecule has 3 N–H and O–H groups in total. The number of halogens is 4. The van der Waals surface area contributed by atoms with E-state index in [0.717, 1.165) is 0 Å². The van der Waals surface area contributed by atoms with Crippen LogP contribution < -0.4 is 16.2 Å². The predicted molar refractivity (Wildman–Crippen MR) is 31.7 cm³/mol. The van der Waals surface area contributed by atoms with Crippen LogP contribution >= 0.6 is 12.1 Å². The van der Waals surface area contributed by atoms with Crippen molar-refractivity contribution in [2.75, 3.05) is 0 Å². The first-order chi connectivity index (χ1) is 5.04. The summed E-state index contributed by atoms with van der Waals surface area (Å²) in [6.45, 7) is 0. The maximum Gasteiger partial charge on any atom is 0.418 e. The van der Waals surface area contributed by atoms with Crippen molar-refractivity contribution >= 4 is 12.1 Å². The normalized spacial score (nSPS) is 32.7. The van der Waals surface area contributed by atoms with E-state index in [1.54, 1.807) is 0 Å². The monoisotopic (exact) mass is 191 g/mol. The zero-order valence-electron chi connectivity index (χ0n) is 5.07. The Labute approximate surface area is 64.2 Å². The average molecular weight is 191 g/mol. The van der Waals surface area contributed by atoms with Crippen molar-refractivity contribution in [2.24, 2.45) is 0 Å². The van der Waals surface area contributed by atoms with Gasteiger partial charge in [0.15, 0.2) is 11.7 Å². The van der Waals surface area contributed by atoms with Gasteiger partial charge in [-0.15, -0.1) is 0 Å². The van der Waals surface area contributed by atoms with Crippen LogP contribution in [0.5, 0.6) is 0 Å². The second-order valence-corrected chi connectivity index (χ2v) is 2.55. The summed E-state index contributed by atoms with van der Waals surface area (Å²) in [5.74, 6) is 0. The molecule has 1 heterocycles.